The van der Waals surface area contributed by atoms with Crippen molar-refractivity contribution in [2.75, 3.05) is 45.8 Å². The van der Waals surface area contributed by atoms with Crippen LogP contribution in [0.1, 0.15) is 26.2 Å². The van der Waals surface area contributed by atoms with Gasteiger partial charge in [0.25, 0.3) is 5.91 Å². The van der Waals surface area contributed by atoms with Gasteiger partial charge in [-0.25, -0.2) is 4.40 Å². The van der Waals surface area contributed by atoms with Crippen LogP contribution in [0, 0.1) is 5.92 Å². The molecule has 2 unspecified atom stereocenters. The van der Waals surface area contributed by atoms with Gasteiger partial charge in [-0.05, 0) is 18.4 Å². The van der Waals surface area contributed by atoms with Gasteiger partial charge in [0.1, 0.15) is 5.84 Å². The van der Waals surface area contributed by atoms with E-state index in [1.807, 2.05) is 4.90 Å². The Bertz CT molecular complexity index is 834. The minimum Gasteiger partial charge on any atom is -0.356 e. The number of hydrogen-bond acceptors (Lipinski definition) is 6. The lowest BCUT2D eigenvalue weighted by Gasteiger charge is -2.38. The molecule has 5 rings (SSSR count). The molecule has 0 N–H and O–H groups in total. The number of amidine groups is 1. The molecule has 5 aliphatic rings. The highest BCUT2D eigenvalue weighted by Gasteiger charge is 2.35. The van der Waals surface area contributed by atoms with Gasteiger partial charge in [0.05, 0.1) is 16.9 Å². The molecule has 0 radical (unpaired) electrons. The molecular weight excluding hydrogens is 382 g/mol. The van der Waals surface area contributed by atoms with Gasteiger partial charge in [0.15, 0.2) is 0 Å². The van der Waals surface area contributed by atoms with Crippen molar-refractivity contribution in [2.45, 2.75) is 31.4 Å². The van der Waals surface area contributed by atoms with Crippen molar-refractivity contribution >= 4 is 29.4 Å². The maximum Gasteiger partial charge on any atom is 0.252 e. The quantitative estimate of drug-likeness (QED) is 0.667. The van der Waals surface area contributed by atoms with Crippen LogP contribution in [-0.4, -0.2) is 83.2 Å². The highest BCUT2D eigenvalue weighted by atomic mass is 32.2. The van der Waals surface area contributed by atoms with Crippen molar-refractivity contribution in [3.63, 3.8) is 0 Å². The number of rotatable bonds is 4. The fourth-order valence-corrected chi connectivity index (χ4v) is 5.76. The molecule has 0 spiro atoms. The van der Waals surface area contributed by atoms with Gasteiger partial charge in [0, 0.05) is 69.9 Å². The topological polar surface area (TPSA) is 51.5 Å². The zero-order valence-electron chi connectivity index (χ0n) is 17.1. The second-order valence-electron chi connectivity index (χ2n) is 8.32. The zero-order chi connectivity index (χ0) is 19.8. The predicted molar refractivity (Wildman–Crippen MR) is 119 cm³/mol. The van der Waals surface area contributed by atoms with Crippen molar-refractivity contribution in [1.29, 1.82) is 0 Å². The van der Waals surface area contributed by atoms with Crippen LogP contribution in [0.5, 0.6) is 0 Å². The second-order valence-corrected chi connectivity index (χ2v) is 9.26. The maximum absolute atomic E-state index is 12.8. The van der Waals surface area contributed by atoms with Gasteiger partial charge in [0.2, 0.25) is 0 Å². The van der Waals surface area contributed by atoms with Gasteiger partial charge in [-0.3, -0.25) is 14.7 Å². The van der Waals surface area contributed by atoms with E-state index in [1.54, 1.807) is 11.9 Å². The molecule has 6 nitrogen and oxygen atoms in total. The molecule has 1 aliphatic carbocycles. The van der Waals surface area contributed by atoms with Crippen molar-refractivity contribution in [1.82, 2.24) is 14.7 Å². The highest BCUT2D eigenvalue weighted by Crippen LogP contribution is 2.35. The Kier molecular flexibility index (Phi) is 5.35. The summed E-state index contributed by atoms with van der Waals surface area (Å²) in [6.45, 7) is 8.85. The van der Waals surface area contributed by atoms with E-state index < -0.39 is 0 Å². The van der Waals surface area contributed by atoms with Crippen LogP contribution >= 0.6 is 11.9 Å². The summed E-state index contributed by atoms with van der Waals surface area (Å²) in [5.41, 5.74) is 3.18. The summed E-state index contributed by atoms with van der Waals surface area (Å²) >= 11 is 1.70. The molecule has 1 fully saturated rings. The summed E-state index contributed by atoms with van der Waals surface area (Å²) in [5, 5.41) is 0.477. The normalized spacial score (nSPS) is 29.3. The standard InChI is InChI=1S/C22H29N5OS/c1-2-16-15-18-19(23-16)7-8-27(22(18)28)14-11-25-9-12-26(13-10-25)21-17-5-3-4-6-20(17)29-24-21/h3-6,17,20H,2,7-15H2,1H3. The molecule has 7 heteroatoms. The van der Waals surface area contributed by atoms with Crippen LogP contribution in [0.25, 0.3) is 0 Å². The average molecular weight is 412 g/mol. The van der Waals surface area contributed by atoms with E-state index in [4.69, 9.17) is 4.40 Å². The first-order chi connectivity index (χ1) is 14.2. The zero-order valence-corrected chi connectivity index (χ0v) is 17.9. The van der Waals surface area contributed by atoms with E-state index in [9.17, 15) is 4.79 Å². The third-order valence-corrected chi connectivity index (χ3v) is 7.61. The maximum atomic E-state index is 12.8. The molecule has 4 heterocycles. The Morgan fingerprint density at radius 3 is 2.76 bits per heavy atom. The number of carbonyl (C=O) groups excluding carboxylic acids is 1. The molecule has 1 saturated heterocycles. The van der Waals surface area contributed by atoms with Crippen molar-refractivity contribution < 1.29 is 4.79 Å². The van der Waals surface area contributed by atoms with Crippen LogP contribution in [0.3, 0.4) is 0 Å². The van der Waals surface area contributed by atoms with Gasteiger partial charge in [-0.1, -0.05) is 31.2 Å². The molecular formula is C22H29N5OS. The third-order valence-electron chi connectivity index (χ3n) is 6.63. The molecule has 4 aliphatic heterocycles. The van der Waals surface area contributed by atoms with Gasteiger partial charge >= 0.3 is 0 Å². The summed E-state index contributed by atoms with van der Waals surface area (Å²) in [7, 11) is 0. The molecule has 1 amide bonds. The molecule has 29 heavy (non-hydrogen) atoms. The number of aliphatic imine (C=N–C) groups is 1. The Hall–Kier alpha value is -1.86. The lowest BCUT2D eigenvalue weighted by Crippen LogP contribution is -2.52. The number of hydrogen-bond donors (Lipinski definition) is 0. The average Bonchev–Trinajstić information content (AvgIpc) is 3.38. The summed E-state index contributed by atoms with van der Waals surface area (Å²) in [6, 6.07) is 0. The second kappa shape index (κ2) is 8.11. The minimum absolute atomic E-state index is 0.220. The number of nitrogens with zero attached hydrogens (tertiary/aromatic N) is 5. The Morgan fingerprint density at radius 2 is 1.93 bits per heavy atom. The summed E-state index contributed by atoms with van der Waals surface area (Å²) in [4.78, 5) is 24.5. The lowest BCUT2D eigenvalue weighted by atomic mass is 9.98. The first-order valence-corrected chi connectivity index (χ1v) is 11.7. The van der Waals surface area contributed by atoms with E-state index in [1.165, 1.54) is 11.5 Å². The van der Waals surface area contributed by atoms with Crippen molar-refractivity contribution in [3.05, 3.63) is 35.6 Å². The molecule has 0 aromatic rings. The van der Waals surface area contributed by atoms with Crippen molar-refractivity contribution in [3.8, 4) is 0 Å². The number of fused-ring (bicyclic) bond motifs is 1. The summed E-state index contributed by atoms with van der Waals surface area (Å²) in [6.07, 6.45) is 11.5. The van der Waals surface area contributed by atoms with Crippen LogP contribution < -0.4 is 0 Å². The van der Waals surface area contributed by atoms with Crippen LogP contribution in [0.15, 0.2) is 45.0 Å². The molecule has 0 bridgehead atoms. The number of allylic oxidation sites excluding steroid dienone is 2. The van der Waals surface area contributed by atoms with E-state index in [0.717, 1.165) is 76.3 Å². The number of carbonyl (C=O) groups is 1. The van der Waals surface area contributed by atoms with E-state index in [0.29, 0.717) is 11.2 Å². The predicted octanol–water partition coefficient (Wildman–Crippen LogP) is 2.52. The lowest BCUT2D eigenvalue weighted by molar-refractivity contribution is -0.128. The molecule has 0 aromatic carbocycles. The number of piperazine rings is 1. The fraction of sp³-hybridized carbons (Fsp3) is 0.591. The minimum atomic E-state index is 0.220. The third kappa shape index (κ3) is 3.70. The number of amides is 1. The van der Waals surface area contributed by atoms with Crippen molar-refractivity contribution in [2.24, 2.45) is 15.3 Å². The fourth-order valence-electron chi connectivity index (χ4n) is 4.79. The molecule has 0 aromatic heterocycles. The highest BCUT2D eigenvalue weighted by molar-refractivity contribution is 7.99. The van der Waals surface area contributed by atoms with Crippen LogP contribution in [0.2, 0.25) is 0 Å². The van der Waals surface area contributed by atoms with E-state index in [-0.39, 0.29) is 5.91 Å². The first kappa shape index (κ1) is 19.1. The Balaban J connectivity index is 1.10. The largest absolute Gasteiger partial charge is 0.356 e. The van der Waals surface area contributed by atoms with Crippen LogP contribution in [-0.2, 0) is 4.79 Å². The van der Waals surface area contributed by atoms with Gasteiger partial charge in [-0.15, -0.1) is 0 Å². The summed E-state index contributed by atoms with van der Waals surface area (Å²) < 4.78 is 4.77. The van der Waals surface area contributed by atoms with Gasteiger partial charge < -0.3 is 9.80 Å². The van der Waals surface area contributed by atoms with Gasteiger partial charge in [-0.2, -0.15) is 0 Å². The monoisotopic (exact) mass is 411 g/mol. The molecule has 0 saturated carbocycles. The summed E-state index contributed by atoms with van der Waals surface area (Å²) in [5.74, 6) is 1.91. The molecule has 154 valence electrons. The molecule has 2 atom stereocenters. The Morgan fingerprint density at radius 1 is 1.10 bits per heavy atom. The SMILES string of the molecule is CCC1=NC2=C(C1)C(=O)N(CCN1CCN(C3=NSC4C=CC=CC34)CC1)CC2. The first-order valence-electron chi connectivity index (χ1n) is 10.9. The van der Waals surface area contributed by atoms with E-state index >= 15 is 0 Å². The van der Waals surface area contributed by atoms with E-state index in [2.05, 4.69) is 46.0 Å². The van der Waals surface area contributed by atoms with Crippen LogP contribution in [0.4, 0.5) is 0 Å². The Labute approximate surface area is 177 Å². The smallest absolute Gasteiger partial charge is 0.252 e.